The summed E-state index contributed by atoms with van der Waals surface area (Å²) in [4.78, 5) is 0. The van der Waals surface area contributed by atoms with Gasteiger partial charge in [0.1, 0.15) is 0 Å². The minimum Gasteiger partial charge on any atom is -0.425 e. The Morgan fingerprint density at radius 2 is 2.25 bits per heavy atom. The highest BCUT2D eigenvalue weighted by Crippen LogP contribution is 2.35. The van der Waals surface area contributed by atoms with Crippen molar-refractivity contribution in [3.63, 3.8) is 0 Å². The highest BCUT2D eigenvalue weighted by Gasteiger charge is 2.24. The number of aryl methyl sites for hydroxylation is 1. The first-order valence-corrected chi connectivity index (χ1v) is 4.72. The van der Waals surface area contributed by atoms with Crippen LogP contribution in [0.15, 0.2) is 4.42 Å². The van der Waals surface area contributed by atoms with Crippen molar-refractivity contribution in [2.24, 2.45) is 0 Å². The summed E-state index contributed by atoms with van der Waals surface area (Å²) in [5.41, 5.74) is 0. The third-order valence-corrected chi connectivity index (χ3v) is 2.40. The standard InChI is InChI=1S/C9H14N2O/c1-2-4-8-10-11-9(12-8)7-5-3-6-7/h7H,2-6H2,1H3. The zero-order valence-corrected chi connectivity index (χ0v) is 7.42. The zero-order valence-electron chi connectivity index (χ0n) is 7.42. The van der Waals surface area contributed by atoms with E-state index in [2.05, 4.69) is 17.1 Å². The molecule has 66 valence electrons. The van der Waals surface area contributed by atoms with Gasteiger partial charge in [-0.15, -0.1) is 10.2 Å². The van der Waals surface area contributed by atoms with Gasteiger partial charge in [0, 0.05) is 12.3 Å². The molecule has 1 fully saturated rings. The third-order valence-electron chi connectivity index (χ3n) is 2.40. The van der Waals surface area contributed by atoms with Crippen LogP contribution >= 0.6 is 0 Å². The van der Waals surface area contributed by atoms with E-state index in [9.17, 15) is 0 Å². The van der Waals surface area contributed by atoms with Crippen LogP contribution in [0.5, 0.6) is 0 Å². The Labute approximate surface area is 72.2 Å². The van der Waals surface area contributed by atoms with Gasteiger partial charge in [0.25, 0.3) is 0 Å². The molecule has 0 N–H and O–H groups in total. The lowest BCUT2D eigenvalue weighted by molar-refractivity contribution is 0.324. The summed E-state index contributed by atoms with van der Waals surface area (Å²) >= 11 is 0. The van der Waals surface area contributed by atoms with Crippen LogP contribution in [0.2, 0.25) is 0 Å². The molecule has 0 aliphatic heterocycles. The Morgan fingerprint density at radius 1 is 1.42 bits per heavy atom. The van der Waals surface area contributed by atoms with Gasteiger partial charge in [0.15, 0.2) is 0 Å². The van der Waals surface area contributed by atoms with Crippen LogP contribution in [0, 0.1) is 0 Å². The monoisotopic (exact) mass is 166 g/mol. The van der Waals surface area contributed by atoms with Crippen molar-refractivity contribution in [3.05, 3.63) is 11.8 Å². The van der Waals surface area contributed by atoms with Crippen molar-refractivity contribution in [3.8, 4) is 0 Å². The first kappa shape index (κ1) is 7.77. The van der Waals surface area contributed by atoms with Crippen LogP contribution < -0.4 is 0 Å². The predicted octanol–water partition coefficient (Wildman–Crippen LogP) is 2.29. The second-order valence-corrected chi connectivity index (χ2v) is 3.41. The molecule has 1 heterocycles. The third kappa shape index (κ3) is 1.36. The van der Waals surface area contributed by atoms with Crippen LogP contribution in [0.1, 0.15) is 50.3 Å². The molecule has 0 amide bonds. The molecule has 3 nitrogen and oxygen atoms in total. The van der Waals surface area contributed by atoms with Crippen LogP contribution in [-0.4, -0.2) is 10.2 Å². The molecule has 0 unspecified atom stereocenters. The van der Waals surface area contributed by atoms with Crippen LogP contribution in [0.25, 0.3) is 0 Å². The molecular formula is C9H14N2O. The average molecular weight is 166 g/mol. The van der Waals surface area contributed by atoms with E-state index in [4.69, 9.17) is 4.42 Å². The summed E-state index contributed by atoms with van der Waals surface area (Å²) in [5, 5.41) is 8.03. The molecule has 0 atom stereocenters. The maximum absolute atomic E-state index is 5.51. The van der Waals surface area contributed by atoms with Crippen molar-refractivity contribution in [2.45, 2.75) is 44.9 Å². The van der Waals surface area contributed by atoms with E-state index in [1.165, 1.54) is 19.3 Å². The Balaban J connectivity index is 2.02. The van der Waals surface area contributed by atoms with Gasteiger partial charge >= 0.3 is 0 Å². The molecule has 2 rings (SSSR count). The van der Waals surface area contributed by atoms with Crippen LogP contribution in [-0.2, 0) is 6.42 Å². The van der Waals surface area contributed by atoms with E-state index in [-0.39, 0.29) is 0 Å². The molecule has 0 bridgehead atoms. The van der Waals surface area contributed by atoms with Gasteiger partial charge in [-0.1, -0.05) is 13.3 Å². The minimum absolute atomic E-state index is 0.572. The fourth-order valence-corrected chi connectivity index (χ4v) is 1.40. The highest BCUT2D eigenvalue weighted by molar-refractivity contribution is 4.96. The van der Waals surface area contributed by atoms with Gasteiger partial charge in [0.2, 0.25) is 11.8 Å². The van der Waals surface area contributed by atoms with Gasteiger partial charge in [-0.25, -0.2) is 0 Å². The van der Waals surface area contributed by atoms with Gasteiger partial charge in [-0.3, -0.25) is 0 Å². The van der Waals surface area contributed by atoms with Crippen molar-refractivity contribution >= 4 is 0 Å². The molecular weight excluding hydrogens is 152 g/mol. The fourth-order valence-electron chi connectivity index (χ4n) is 1.40. The molecule has 12 heavy (non-hydrogen) atoms. The predicted molar refractivity (Wildman–Crippen MR) is 44.9 cm³/mol. The Kier molecular flexibility index (Phi) is 2.11. The number of aromatic nitrogens is 2. The zero-order chi connectivity index (χ0) is 8.39. The van der Waals surface area contributed by atoms with E-state index in [0.29, 0.717) is 5.92 Å². The summed E-state index contributed by atoms with van der Waals surface area (Å²) in [6.45, 7) is 2.12. The second kappa shape index (κ2) is 3.25. The van der Waals surface area contributed by atoms with E-state index >= 15 is 0 Å². The lowest BCUT2D eigenvalue weighted by atomic mass is 9.85. The van der Waals surface area contributed by atoms with Gasteiger partial charge < -0.3 is 4.42 Å². The first-order valence-electron chi connectivity index (χ1n) is 4.72. The second-order valence-electron chi connectivity index (χ2n) is 3.41. The maximum atomic E-state index is 5.51. The molecule has 1 aliphatic rings. The smallest absolute Gasteiger partial charge is 0.219 e. The number of rotatable bonds is 3. The first-order chi connectivity index (χ1) is 5.90. The summed E-state index contributed by atoms with van der Waals surface area (Å²) in [5.74, 6) is 2.24. The lowest BCUT2D eigenvalue weighted by Crippen LogP contribution is -2.08. The molecule has 0 aromatic carbocycles. The fraction of sp³-hybridized carbons (Fsp3) is 0.778. The van der Waals surface area contributed by atoms with E-state index < -0.39 is 0 Å². The van der Waals surface area contributed by atoms with Crippen molar-refractivity contribution < 1.29 is 4.42 Å². The normalized spacial score (nSPS) is 17.8. The topological polar surface area (TPSA) is 38.9 Å². The molecule has 0 saturated heterocycles. The highest BCUT2D eigenvalue weighted by atomic mass is 16.4. The Morgan fingerprint density at radius 3 is 2.83 bits per heavy atom. The molecule has 1 aromatic heterocycles. The largest absolute Gasteiger partial charge is 0.425 e. The quantitative estimate of drug-likeness (QED) is 0.691. The molecule has 1 saturated carbocycles. The summed E-state index contributed by atoms with van der Waals surface area (Å²) < 4.78 is 5.51. The Hall–Kier alpha value is -0.860. The molecule has 1 aliphatic carbocycles. The van der Waals surface area contributed by atoms with Crippen molar-refractivity contribution in [1.29, 1.82) is 0 Å². The molecule has 0 spiro atoms. The Bertz CT molecular complexity index is 253. The van der Waals surface area contributed by atoms with E-state index in [1.807, 2.05) is 0 Å². The summed E-state index contributed by atoms with van der Waals surface area (Å²) in [7, 11) is 0. The van der Waals surface area contributed by atoms with Gasteiger partial charge in [-0.2, -0.15) is 0 Å². The van der Waals surface area contributed by atoms with Crippen molar-refractivity contribution in [1.82, 2.24) is 10.2 Å². The summed E-state index contributed by atoms with van der Waals surface area (Å²) in [6.07, 6.45) is 5.77. The average Bonchev–Trinajstić information content (AvgIpc) is 2.34. The van der Waals surface area contributed by atoms with Crippen LogP contribution in [0.3, 0.4) is 0 Å². The number of nitrogens with zero attached hydrogens (tertiary/aromatic N) is 2. The molecule has 1 aromatic rings. The molecule has 0 radical (unpaired) electrons. The molecule has 3 heteroatoms. The van der Waals surface area contributed by atoms with Crippen molar-refractivity contribution in [2.75, 3.05) is 0 Å². The van der Waals surface area contributed by atoms with Gasteiger partial charge in [0.05, 0.1) is 0 Å². The summed E-state index contributed by atoms with van der Waals surface area (Å²) in [6, 6.07) is 0. The van der Waals surface area contributed by atoms with E-state index in [1.54, 1.807) is 0 Å². The lowest BCUT2D eigenvalue weighted by Gasteiger charge is -2.20. The maximum Gasteiger partial charge on any atom is 0.219 e. The number of hydrogen-bond donors (Lipinski definition) is 0. The minimum atomic E-state index is 0.572. The SMILES string of the molecule is CCCc1nnc(C2CCC2)o1. The van der Waals surface area contributed by atoms with Crippen LogP contribution in [0.4, 0.5) is 0 Å². The van der Waals surface area contributed by atoms with Gasteiger partial charge in [-0.05, 0) is 19.3 Å². The number of hydrogen-bond acceptors (Lipinski definition) is 3. The van der Waals surface area contributed by atoms with E-state index in [0.717, 1.165) is 24.6 Å².